The average Bonchev–Trinajstić information content (AvgIpc) is 2.41. The molecule has 3 rings (SSSR count). The maximum absolute atomic E-state index is 11.6. The minimum absolute atomic E-state index is 0.126. The van der Waals surface area contributed by atoms with Crippen LogP contribution in [0.25, 0.3) is 22.0 Å². The summed E-state index contributed by atoms with van der Waals surface area (Å²) in [6.45, 7) is 2.03. The Kier molecular flexibility index (Phi) is 2.84. The van der Waals surface area contributed by atoms with Crippen molar-refractivity contribution < 1.29 is 0 Å². The third-order valence-electron chi connectivity index (χ3n) is 3.15. The minimum Gasteiger partial charge on any atom is -0.313 e. The maximum atomic E-state index is 11.6. The molecule has 0 aliphatic heterocycles. The quantitative estimate of drug-likeness (QED) is 0.735. The highest BCUT2D eigenvalue weighted by atomic mass is 35.5. The first kappa shape index (κ1) is 11.9. The first-order chi connectivity index (χ1) is 9.15. The average molecular weight is 271 g/mol. The smallest absolute Gasteiger partial charge is 0.258 e. The number of aromatic amines is 1. The van der Waals surface area contributed by atoms with E-state index in [2.05, 4.69) is 9.97 Å². The summed E-state index contributed by atoms with van der Waals surface area (Å²) < 4.78 is 0. The third-order valence-corrected chi connectivity index (χ3v) is 3.39. The Bertz CT molecular complexity index is 824. The molecule has 94 valence electrons. The van der Waals surface area contributed by atoms with Gasteiger partial charge in [-0.05, 0) is 47.9 Å². The summed E-state index contributed by atoms with van der Waals surface area (Å²) in [6.07, 6.45) is 1.42. The second-order valence-corrected chi connectivity index (χ2v) is 4.86. The van der Waals surface area contributed by atoms with E-state index < -0.39 is 0 Å². The number of hydrogen-bond acceptors (Lipinski definition) is 2. The van der Waals surface area contributed by atoms with E-state index >= 15 is 0 Å². The number of halogens is 1. The molecule has 0 unspecified atom stereocenters. The highest BCUT2D eigenvalue weighted by Crippen LogP contribution is 2.27. The van der Waals surface area contributed by atoms with Crippen LogP contribution in [0.15, 0.2) is 47.5 Å². The summed E-state index contributed by atoms with van der Waals surface area (Å²) in [7, 11) is 0. The van der Waals surface area contributed by atoms with Gasteiger partial charge in [0.1, 0.15) is 0 Å². The van der Waals surface area contributed by atoms with E-state index in [1.54, 1.807) is 6.07 Å². The molecule has 0 spiro atoms. The molecule has 2 aromatic carbocycles. The van der Waals surface area contributed by atoms with Crippen LogP contribution in [0.1, 0.15) is 5.56 Å². The van der Waals surface area contributed by atoms with Crippen LogP contribution in [0.4, 0.5) is 0 Å². The van der Waals surface area contributed by atoms with E-state index in [1.807, 2.05) is 37.3 Å². The molecule has 19 heavy (non-hydrogen) atoms. The topological polar surface area (TPSA) is 45.8 Å². The van der Waals surface area contributed by atoms with Gasteiger partial charge in [0.05, 0.1) is 17.2 Å². The lowest BCUT2D eigenvalue weighted by Crippen LogP contribution is -2.05. The van der Waals surface area contributed by atoms with Gasteiger partial charge in [-0.1, -0.05) is 23.7 Å². The lowest BCUT2D eigenvalue weighted by molar-refractivity contribution is 1.17. The highest BCUT2D eigenvalue weighted by molar-refractivity contribution is 6.30. The Labute approximate surface area is 114 Å². The normalized spacial score (nSPS) is 10.8. The summed E-state index contributed by atoms with van der Waals surface area (Å²) in [5.41, 5.74) is 3.75. The number of benzene rings is 2. The second-order valence-electron chi connectivity index (χ2n) is 4.42. The van der Waals surface area contributed by atoms with Gasteiger partial charge in [-0.3, -0.25) is 4.79 Å². The van der Waals surface area contributed by atoms with Gasteiger partial charge in [0, 0.05) is 5.02 Å². The number of aromatic nitrogens is 2. The standard InChI is InChI=1S/C15H11ClN2O/c1-9-2-4-11(16)7-13(9)10-3-5-12-14(6-10)17-8-18-15(12)19/h2-8H,1H3,(H,17,18,19). The molecule has 0 saturated heterocycles. The molecule has 0 atom stereocenters. The minimum atomic E-state index is -0.126. The Balaban J connectivity index is 2.26. The van der Waals surface area contributed by atoms with Gasteiger partial charge in [0.2, 0.25) is 0 Å². The molecule has 0 aliphatic rings. The molecule has 1 N–H and O–H groups in total. The monoisotopic (exact) mass is 270 g/mol. The van der Waals surface area contributed by atoms with E-state index in [4.69, 9.17) is 11.6 Å². The van der Waals surface area contributed by atoms with Crippen LogP contribution >= 0.6 is 11.6 Å². The molecule has 0 radical (unpaired) electrons. The van der Waals surface area contributed by atoms with Crippen molar-refractivity contribution in [2.75, 3.05) is 0 Å². The highest BCUT2D eigenvalue weighted by Gasteiger charge is 2.06. The van der Waals surface area contributed by atoms with E-state index in [-0.39, 0.29) is 5.56 Å². The fraction of sp³-hybridized carbons (Fsp3) is 0.0667. The molecule has 0 fully saturated rings. The fourth-order valence-corrected chi connectivity index (χ4v) is 2.31. The second kappa shape index (κ2) is 4.52. The summed E-state index contributed by atoms with van der Waals surface area (Å²) in [5, 5.41) is 1.28. The molecule has 0 amide bonds. The number of hydrogen-bond donors (Lipinski definition) is 1. The molecular weight excluding hydrogens is 260 g/mol. The van der Waals surface area contributed by atoms with Gasteiger partial charge in [-0.25, -0.2) is 4.98 Å². The van der Waals surface area contributed by atoms with Gasteiger partial charge in [0.25, 0.3) is 5.56 Å². The van der Waals surface area contributed by atoms with Crippen molar-refractivity contribution in [3.05, 3.63) is 63.7 Å². The van der Waals surface area contributed by atoms with Crippen LogP contribution in [0.2, 0.25) is 5.02 Å². The van der Waals surface area contributed by atoms with Crippen molar-refractivity contribution in [1.82, 2.24) is 9.97 Å². The Morgan fingerprint density at radius 1 is 1.16 bits per heavy atom. The molecular formula is C15H11ClN2O. The number of rotatable bonds is 1. The Morgan fingerprint density at radius 2 is 2.00 bits per heavy atom. The van der Waals surface area contributed by atoms with Crippen molar-refractivity contribution in [3.63, 3.8) is 0 Å². The lowest BCUT2D eigenvalue weighted by atomic mass is 10.00. The summed E-state index contributed by atoms with van der Waals surface area (Å²) in [6, 6.07) is 11.4. The van der Waals surface area contributed by atoms with Crippen LogP contribution in [0.3, 0.4) is 0 Å². The summed E-state index contributed by atoms with van der Waals surface area (Å²) in [4.78, 5) is 18.4. The van der Waals surface area contributed by atoms with E-state index in [9.17, 15) is 4.79 Å². The molecule has 0 saturated carbocycles. The van der Waals surface area contributed by atoms with Crippen LogP contribution in [0.5, 0.6) is 0 Å². The van der Waals surface area contributed by atoms with Crippen molar-refractivity contribution in [2.24, 2.45) is 0 Å². The first-order valence-corrected chi connectivity index (χ1v) is 6.27. The van der Waals surface area contributed by atoms with E-state index in [0.717, 1.165) is 16.7 Å². The van der Waals surface area contributed by atoms with Crippen LogP contribution in [-0.2, 0) is 0 Å². The Morgan fingerprint density at radius 3 is 2.84 bits per heavy atom. The molecule has 3 aromatic rings. The van der Waals surface area contributed by atoms with Crippen molar-refractivity contribution >= 4 is 22.5 Å². The van der Waals surface area contributed by atoms with Crippen LogP contribution < -0.4 is 5.56 Å². The van der Waals surface area contributed by atoms with Gasteiger partial charge in [0.15, 0.2) is 0 Å². The molecule has 4 heteroatoms. The predicted octanol–water partition coefficient (Wildman–Crippen LogP) is 3.55. The predicted molar refractivity (Wildman–Crippen MR) is 77.5 cm³/mol. The van der Waals surface area contributed by atoms with Gasteiger partial charge < -0.3 is 4.98 Å². The van der Waals surface area contributed by atoms with E-state index in [1.165, 1.54) is 6.33 Å². The lowest BCUT2D eigenvalue weighted by Gasteiger charge is -2.07. The molecule has 0 bridgehead atoms. The molecule has 1 aromatic heterocycles. The SMILES string of the molecule is Cc1ccc(Cl)cc1-c1ccc2c(=O)[nH]cnc2c1. The zero-order valence-electron chi connectivity index (χ0n) is 10.3. The maximum Gasteiger partial charge on any atom is 0.258 e. The molecule has 0 aliphatic carbocycles. The largest absolute Gasteiger partial charge is 0.313 e. The number of nitrogens with zero attached hydrogens (tertiary/aromatic N) is 1. The van der Waals surface area contributed by atoms with E-state index in [0.29, 0.717) is 15.9 Å². The van der Waals surface area contributed by atoms with Crippen molar-refractivity contribution in [2.45, 2.75) is 6.92 Å². The number of H-pyrrole nitrogens is 1. The van der Waals surface area contributed by atoms with Crippen LogP contribution in [-0.4, -0.2) is 9.97 Å². The Hall–Kier alpha value is -2.13. The zero-order valence-corrected chi connectivity index (χ0v) is 11.0. The molecule has 1 heterocycles. The fourth-order valence-electron chi connectivity index (χ4n) is 2.14. The number of nitrogens with one attached hydrogen (secondary N) is 1. The summed E-state index contributed by atoms with van der Waals surface area (Å²) >= 11 is 6.04. The number of fused-ring (bicyclic) bond motifs is 1. The summed E-state index contributed by atoms with van der Waals surface area (Å²) in [5.74, 6) is 0. The number of aryl methyl sites for hydroxylation is 1. The van der Waals surface area contributed by atoms with Crippen LogP contribution in [0, 0.1) is 6.92 Å². The van der Waals surface area contributed by atoms with Crippen molar-refractivity contribution in [1.29, 1.82) is 0 Å². The van der Waals surface area contributed by atoms with Crippen molar-refractivity contribution in [3.8, 4) is 11.1 Å². The van der Waals surface area contributed by atoms with Gasteiger partial charge >= 0.3 is 0 Å². The molecule has 3 nitrogen and oxygen atoms in total. The zero-order chi connectivity index (χ0) is 13.4. The van der Waals surface area contributed by atoms with Gasteiger partial charge in [-0.2, -0.15) is 0 Å². The first-order valence-electron chi connectivity index (χ1n) is 5.89. The third kappa shape index (κ3) is 2.13. The van der Waals surface area contributed by atoms with Gasteiger partial charge in [-0.15, -0.1) is 0 Å².